The molecular weight excluding hydrogens is 452 g/mol. The minimum Gasteiger partial charge on any atom is -0.633 e. The molecule has 0 heterocycles. The normalized spacial score (nSPS) is 11.3. The third-order valence-corrected chi connectivity index (χ3v) is 6.60. The van der Waals surface area contributed by atoms with Crippen molar-refractivity contribution in [3.63, 3.8) is 0 Å². The van der Waals surface area contributed by atoms with Crippen molar-refractivity contribution in [2.24, 2.45) is 0 Å². The van der Waals surface area contributed by atoms with E-state index in [9.17, 15) is 10.4 Å². The molecule has 6 heteroatoms. The van der Waals surface area contributed by atoms with Gasteiger partial charge in [-0.1, -0.05) is 129 Å². The van der Waals surface area contributed by atoms with Crippen molar-refractivity contribution in [3.8, 4) is 0 Å². The van der Waals surface area contributed by atoms with Gasteiger partial charge in [-0.05, 0) is 25.7 Å². The van der Waals surface area contributed by atoms with Gasteiger partial charge in [-0.15, -0.1) is 0 Å². The molecule has 0 amide bonds. The molecule has 0 fully saturated rings. The smallest absolute Gasteiger partial charge is 0.0779 e. The van der Waals surface area contributed by atoms with E-state index in [1.54, 1.807) is 28.2 Å². The summed E-state index contributed by atoms with van der Waals surface area (Å²) in [4.78, 5) is 0. The summed E-state index contributed by atoms with van der Waals surface area (Å²) < 4.78 is -0.255. The van der Waals surface area contributed by atoms with Gasteiger partial charge in [0.25, 0.3) is 0 Å². The van der Waals surface area contributed by atoms with Crippen LogP contribution in [0.1, 0.15) is 155 Å². The fourth-order valence-corrected chi connectivity index (χ4v) is 4.31. The molecule has 0 bridgehead atoms. The zero-order valence-corrected chi connectivity index (χ0v) is 25.7. The van der Waals surface area contributed by atoms with Crippen molar-refractivity contribution in [3.05, 3.63) is 10.4 Å². The molecule has 0 aromatic carbocycles. The third-order valence-electron chi connectivity index (χ3n) is 6.60. The molecule has 0 aromatic heterocycles. The van der Waals surface area contributed by atoms with Crippen LogP contribution in [-0.4, -0.2) is 61.5 Å². The Morgan fingerprint density at radius 1 is 0.333 bits per heavy atom. The molecule has 0 unspecified atom stereocenters. The lowest BCUT2D eigenvalue weighted by molar-refractivity contribution is -0.840. The topological polar surface area (TPSA) is 109 Å². The lowest BCUT2D eigenvalue weighted by Gasteiger charge is -2.33. The van der Waals surface area contributed by atoms with E-state index >= 15 is 0 Å². The first-order valence-corrected chi connectivity index (χ1v) is 15.2. The monoisotopic (exact) mass is 523 g/mol. The number of nitrogens with zero attached hydrogens (tertiary/aromatic N) is 2. The molecule has 0 aliphatic rings. The summed E-state index contributed by atoms with van der Waals surface area (Å²) in [5, 5.41) is 22.6. The Hall–Kier alpha value is -0.240. The molecule has 0 aromatic rings. The Labute approximate surface area is 227 Å². The van der Waals surface area contributed by atoms with Crippen LogP contribution in [0.15, 0.2) is 0 Å². The van der Waals surface area contributed by atoms with Gasteiger partial charge in [-0.2, -0.15) is 0 Å². The maximum Gasteiger partial charge on any atom is 0.0779 e. The van der Waals surface area contributed by atoms with Gasteiger partial charge in [0, 0.05) is 0 Å². The Bertz CT molecular complexity index is 382. The first-order valence-electron chi connectivity index (χ1n) is 15.2. The second-order valence-corrected chi connectivity index (χ2v) is 11.7. The number of rotatable bonds is 24. The fraction of sp³-hybridized carbons (Fsp3) is 1.00. The summed E-state index contributed by atoms with van der Waals surface area (Å²) in [5.74, 6) is 0. The Morgan fingerprint density at radius 2 is 0.500 bits per heavy atom. The van der Waals surface area contributed by atoms with Crippen LogP contribution >= 0.6 is 0 Å². The second-order valence-electron chi connectivity index (χ2n) is 11.7. The van der Waals surface area contributed by atoms with E-state index in [1.807, 2.05) is 0 Å². The number of hydroxylamine groups is 6. The zero-order valence-electron chi connectivity index (χ0n) is 25.7. The third kappa shape index (κ3) is 47.0. The molecule has 0 aliphatic carbocycles. The minimum absolute atomic E-state index is 0. The van der Waals surface area contributed by atoms with Gasteiger partial charge in [0.05, 0.1) is 41.3 Å². The largest absolute Gasteiger partial charge is 0.633 e. The molecule has 0 spiro atoms. The Morgan fingerprint density at radius 3 is 0.667 bits per heavy atom. The highest BCUT2D eigenvalue weighted by Crippen LogP contribution is 2.13. The summed E-state index contributed by atoms with van der Waals surface area (Å²) in [6.45, 7) is 6.08. The Kier molecular flexibility index (Phi) is 36.9. The van der Waals surface area contributed by atoms with Crippen LogP contribution in [0, 0.1) is 10.4 Å². The van der Waals surface area contributed by atoms with Crippen molar-refractivity contribution >= 4 is 0 Å². The molecule has 4 N–H and O–H groups in total. The minimum atomic E-state index is -0.128. The summed E-state index contributed by atoms with van der Waals surface area (Å²) in [6.07, 6.45) is 29.6. The SMILES string of the molecule is CCCCCCCCCCCCCC[N+](C)(C)[O-].CCCCCCCCCCCC[N+](C)(C)[O-].O.O. The van der Waals surface area contributed by atoms with Gasteiger partial charge in [-0.25, -0.2) is 0 Å². The highest BCUT2D eigenvalue weighted by Gasteiger charge is 2.01. The van der Waals surface area contributed by atoms with Gasteiger partial charge in [0.2, 0.25) is 0 Å². The molecule has 0 aliphatic heterocycles. The highest BCUT2D eigenvalue weighted by molar-refractivity contribution is 4.49. The first-order chi connectivity index (χ1) is 16.1. The Balaban J connectivity index is -0.000000271. The van der Waals surface area contributed by atoms with Crippen LogP contribution in [0.25, 0.3) is 0 Å². The zero-order chi connectivity index (χ0) is 26.0. The molecular formula is C30H70N2O4. The molecule has 6 nitrogen and oxygen atoms in total. The van der Waals surface area contributed by atoms with E-state index in [2.05, 4.69) is 13.8 Å². The maximum atomic E-state index is 11.3. The molecule has 0 saturated heterocycles. The van der Waals surface area contributed by atoms with E-state index in [0.717, 1.165) is 25.9 Å². The van der Waals surface area contributed by atoms with E-state index in [-0.39, 0.29) is 20.2 Å². The van der Waals surface area contributed by atoms with Gasteiger partial charge < -0.3 is 30.7 Å². The highest BCUT2D eigenvalue weighted by atomic mass is 16.5. The molecule has 0 atom stereocenters. The van der Waals surface area contributed by atoms with Crippen LogP contribution in [0.4, 0.5) is 0 Å². The summed E-state index contributed by atoms with van der Waals surface area (Å²) in [6, 6.07) is 0. The van der Waals surface area contributed by atoms with Gasteiger partial charge >= 0.3 is 0 Å². The number of quaternary nitrogens is 2. The fourth-order valence-electron chi connectivity index (χ4n) is 4.31. The molecule has 0 saturated carbocycles. The van der Waals surface area contributed by atoms with Crippen molar-refractivity contribution in [1.29, 1.82) is 0 Å². The average Bonchev–Trinajstić information content (AvgIpc) is 2.75. The van der Waals surface area contributed by atoms with Crippen LogP contribution in [0.5, 0.6) is 0 Å². The number of hydrogen-bond donors (Lipinski definition) is 0. The van der Waals surface area contributed by atoms with Gasteiger partial charge in [-0.3, -0.25) is 0 Å². The van der Waals surface area contributed by atoms with Crippen molar-refractivity contribution in [1.82, 2.24) is 0 Å². The van der Waals surface area contributed by atoms with Gasteiger partial charge in [0.1, 0.15) is 0 Å². The van der Waals surface area contributed by atoms with E-state index < -0.39 is 0 Å². The van der Waals surface area contributed by atoms with Crippen LogP contribution < -0.4 is 0 Å². The molecule has 0 radical (unpaired) electrons. The summed E-state index contributed by atoms with van der Waals surface area (Å²) in [7, 11) is 6.93. The molecule has 0 rings (SSSR count). The molecule has 224 valence electrons. The van der Waals surface area contributed by atoms with Crippen molar-refractivity contribution in [2.45, 2.75) is 155 Å². The predicted octanol–water partition coefficient (Wildman–Crippen LogP) is 8.09. The lowest BCUT2D eigenvalue weighted by Crippen LogP contribution is -2.32. The summed E-state index contributed by atoms with van der Waals surface area (Å²) in [5.41, 5.74) is 0. The number of unbranched alkanes of at least 4 members (excludes halogenated alkanes) is 20. The standard InChI is InChI=1S/C16H35NO.C14H31NO.2H2O/c1-4-5-6-7-8-9-10-11-12-13-14-15-16-17(2,3)18;1-4-5-6-7-8-9-10-11-12-13-14-15(2,3)16;;/h4-16H2,1-3H3;4-14H2,1-3H3;2*1H2. The number of hydrogen-bond acceptors (Lipinski definition) is 2. The summed E-state index contributed by atoms with van der Waals surface area (Å²) >= 11 is 0. The van der Waals surface area contributed by atoms with Crippen molar-refractivity contribution in [2.75, 3.05) is 41.3 Å². The average molecular weight is 523 g/mol. The lowest BCUT2D eigenvalue weighted by atomic mass is 10.1. The maximum absolute atomic E-state index is 11.3. The first kappa shape index (κ1) is 42.8. The van der Waals surface area contributed by atoms with Crippen LogP contribution in [0.2, 0.25) is 0 Å². The van der Waals surface area contributed by atoms with E-state index in [1.165, 1.54) is 128 Å². The van der Waals surface area contributed by atoms with Crippen molar-refractivity contribution < 1.29 is 20.2 Å². The van der Waals surface area contributed by atoms with E-state index in [4.69, 9.17) is 0 Å². The second kappa shape index (κ2) is 31.0. The predicted molar refractivity (Wildman–Crippen MR) is 161 cm³/mol. The van der Waals surface area contributed by atoms with Crippen LogP contribution in [0.3, 0.4) is 0 Å². The van der Waals surface area contributed by atoms with Gasteiger partial charge in [0.15, 0.2) is 0 Å². The quantitative estimate of drug-likeness (QED) is 0.0724. The molecule has 36 heavy (non-hydrogen) atoms. The van der Waals surface area contributed by atoms with Crippen LogP contribution in [-0.2, 0) is 0 Å². The van der Waals surface area contributed by atoms with E-state index in [0.29, 0.717) is 0 Å².